The van der Waals surface area contributed by atoms with Crippen LogP contribution in [0.4, 0.5) is 0 Å². The fraction of sp³-hybridized carbons (Fsp3) is 0.467. The van der Waals surface area contributed by atoms with Gasteiger partial charge in [0.25, 0.3) is 0 Å². The van der Waals surface area contributed by atoms with E-state index in [-0.39, 0.29) is 5.41 Å². The zero-order valence-corrected chi connectivity index (χ0v) is 10.6. The molecule has 0 fully saturated rings. The van der Waals surface area contributed by atoms with Crippen LogP contribution in [0.2, 0.25) is 0 Å². The van der Waals surface area contributed by atoms with E-state index in [1.165, 1.54) is 16.7 Å². The summed E-state index contributed by atoms with van der Waals surface area (Å²) in [4.78, 5) is 0. The summed E-state index contributed by atoms with van der Waals surface area (Å²) < 4.78 is 0. The largest absolute Gasteiger partial charge is 0.0998 e. The van der Waals surface area contributed by atoms with Crippen molar-refractivity contribution in [1.29, 1.82) is 0 Å². The quantitative estimate of drug-likeness (QED) is 0.571. The highest BCUT2D eigenvalue weighted by molar-refractivity contribution is 5.36. The third kappa shape index (κ3) is 2.71. The van der Waals surface area contributed by atoms with Gasteiger partial charge in [-0.05, 0) is 26.7 Å². The van der Waals surface area contributed by atoms with Crippen LogP contribution in [0, 0.1) is 11.3 Å². The number of hydrogen-bond acceptors (Lipinski definition) is 0. The van der Waals surface area contributed by atoms with Gasteiger partial charge in [0.1, 0.15) is 0 Å². The Hall–Kier alpha value is -1.04. The minimum Gasteiger partial charge on any atom is -0.0998 e. The SMILES string of the molecule is C=C(C)C(C)C1(C)C=C(C)C=CC(C)=C1. The maximum atomic E-state index is 4.08. The lowest BCUT2D eigenvalue weighted by Gasteiger charge is -2.31. The third-order valence-corrected chi connectivity index (χ3v) is 3.36. The molecule has 0 aromatic rings. The third-order valence-electron chi connectivity index (χ3n) is 3.36. The van der Waals surface area contributed by atoms with Crippen molar-refractivity contribution >= 4 is 0 Å². The Morgan fingerprint density at radius 2 is 1.60 bits per heavy atom. The second-order valence-corrected chi connectivity index (χ2v) is 5.04. The average molecular weight is 202 g/mol. The van der Waals surface area contributed by atoms with E-state index >= 15 is 0 Å². The Morgan fingerprint density at radius 1 is 1.20 bits per heavy atom. The monoisotopic (exact) mass is 202 g/mol. The van der Waals surface area contributed by atoms with Gasteiger partial charge in [-0.15, -0.1) is 0 Å². The molecule has 0 saturated heterocycles. The lowest BCUT2D eigenvalue weighted by atomic mass is 9.73. The summed E-state index contributed by atoms with van der Waals surface area (Å²) in [7, 11) is 0. The van der Waals surface area contributed by atoms with E-state index in [0.29, 0.717) is 5.92 Å². The van der Waals surface area contributed by atoms with Gasteiger partial charge in [-0.25, -0.2) is 0 Å². The molecule has 0 amide bonds. The van der Waals surface area contributed by atoms with Crippen LogP contribution in [0.1, 0.15) is 34.6 Å². The fourth-order valence-electron chi connectivity index (χ4n) is 2.16. The molecular weight excluding hydrogens is 180 g/mol. The average Bonchev–Trinajstić information content (AvgIpc) is 2.24. The van der Waals surface area contributed by atoms with E-state index < -0.39 is 0 Å². The van der Waals surface area contributed by atoms with Crippen molar-refractivity contribution in [3.8, 4) is 0 Å². The fourth-order valence-corrected chi connectivity index (χ4v) is 2.16. The minimum absolute atomic E-state index is 0.101. The zero-order chi connectivity index (χ0) is 11.6. The van der Waals surface area contributed by atoms with Crippen molar-refractivity contribution in [1.82, 2.24) is 0 Å². The van der Waals surface area contributed by atoms with E-state index in [9.17, 15) is 0 Å². The normalized spacial score (nSPS) is 21.4. The Morgan fingerprint density at radius 3 is 1.93 bits per heavy atom. The molecule has 0 aromatic carbocycles. The molecule has 0 radical (unpaired) electrons. The Kier molecular flexibility index (Phi) is 3.38. The van der Waals surface area contributed by atoms with Gasteiger partial charge in [0, 0.05) is 5.41 Å². The van der Waals surface area contributed by atoms with E-state index in [1.54, 1.807) is 0 Å². The predicted octanol–water partition coefficient (Wildman–Crippen LogP) is 4.67. The molecule has 0 heterocycles. The second-order valence-electron chi connectivity index (χ2n) is 5.04. The van der Waals surface area contributed by atoms with Crippen molar-refractivity contribution in [2.45, 2.75) is 34.6 Å². The van der Waals surface area contributed by atoms with Crippen LogP contribution >= 0.6 is 0 Å². The topological polar surface area (TPSA) is 0 Å². The van der Waals surface area contributed by atoms with E-state index in [1.807, 2.05) is 0 Å². The Bertz CT molecular complexity index is 328. The number of allylic oxidation sites excluding steroid dienone is 7. The molecule has 1 aliphatic carbocycles. The maximum absolute atomic E-state index is 4.08. The van der Waals surface area contributed by atoms with Gasteiger partial charge in [0.15, 0.2) is 0 Å². The highest BCUT2D eigenvalue weighted by Crippen LogP contribution is 2.38. The first-order valence-corrected chi connectivity index (χ1v) is 5.57. The molecule has 1 atom stereocenters. The highest BCUT2D eigenvalue weighted by Gasteiger charge is 2.27. The molecule has 1 aliphatic rings. The standard InChI is InChI=1S/C15H22/c1-11(2)14(5)15(6)9-12(3)7-8-13(4)10-15/h7-10,14H,1H2,2-6H3. The summed E-state index contributed by atoms with van der Waals surface area (Å²) in [5.41, 5.74) is 4.01. The molecule has 0 spiro atoms. The summed E-state index contributed by atoms with van der Waals surface area (Å²) >= 11 is 0. The van der Waals surface area contributed by atoms with Gasteiger partial charge in [0.2, 0.25) is 0 Å². The molecular formula is C15H22. The summed E-state index contributed by atoms with van der Waals surface area (Å²) in [5.74, 6) is 0.474. The lowest BCUT2D eigenvalue weighted by Crippen LogP contribution is -2.21. The van der Waals surface area contributed by atoms with Gasteiger partial charge in [0.05, 0.1) is 0 Å². The van der Waals surface area contributed by atoms with Gasteiger partial charge < -0.3 is 0 Å². The van der Waals surface area contributed by atoms with Crippen LogP contribution in [0.5, 0.6) is 0 Å². The van der Waals surface area contributed by atoms with Crippen molar-refractivity contribution in [3.63, 3.8) is 0 Å². The molecule has 1 rings (SSSR count). The first-order chi connectivity index (χ1) is 6.85. The first-order valence-electron chi connectivity index (χ1n) is 5.57. The summed E-state index contributed by atoms with van der Waals surface area (Å²) in [6.45, 7) is 15.0. The maximum Gasteiger partial charge on any atom is 0.0106 e. The van der Waals surface area contributed by atoms with Crippen molar-refractivity contribution in [2.24, 2.45) is 11.3 Å². The van der Waals surface area contributed by atoms with Crippen LogP contribution in [0.15, 0.2) is 47.6 Å². The molecule has 15 heavy (non-hydrogen) atoms. The molecule has 0 nitrogen and oxygen atoms in total. The molecule has 0 bridgehead atoms. The Balaban J connectivity index is 3.16. The summed E-state index contributed by atoms with van der Waals surface area (Å²) in [6.07, 6.45) is 9.06. The second kappa shape index (κ2) is 4.22. The van der Waals surface area contributed by atoms with Gasteiger partial charge in [-0.1, -0.05) is 61.4 Å². The van der Waals surface area contributed by atoms with Gasteiger partial charge in [-0.3, -0.25) is 0 Å². The Labute approximate surface area is 94.1 Å². The van der Waals surface area contributed by atoms with Crippen LogP contribution in [-0.2, 0) is 0 Å². The molecule has 0 saturated carbocycles. The van der Waals surface area contributed by atoms with Crippen molar-refractivity contribution < 1.29 is 0 Å². The van der Waals surface area contributed by atoms with E-state index in [0.717, 1.165) is 0 Å². The van der Waals surface area contributed by atoms with E-state index in [4.69, 9.17) is 0 Å². The number of hydrogen-bond donors (Lipinski definition) is 0. The predicted molar refractivity (Wildman–Crippen MR) is 68.7 cm³/mol. The zero-order valence-electron chi connectivity index (χ0n) is 10.6. The molecule has 0 N–H and O–H groups in total. The highest BCUT2D eigenvalue weighted by atomic mass is 14.3. The van der Waals surface area contributed by atoms with Crippen LogP contribution in [-0.4, -0.2) is 0 Å². The molecule has 0 aromatic heterocycles. The van der Waals surface area contributed by atoms with E-state index in [2.05, 4.69) is 65.5 Å². The van der Waals surface area contributed by atoms with Crippen molar-refractivity contribution in [3.05, 3.63) is 47.6 Å². The smallest absolute Gasteiger partial charge is 0.0106 e. The van der Waals surface area contributed by atoms with Crippen molar-refractivity contribution in [2.75, 3.05) is 0 Å². The first kappa shape index (κ1) is 12.0. The lowest BCUT2D eigenvalue weighted by molar-refractivity contribution is 0.402. The van der Waals surface area contributed by atoms with Crippen LogP contribution in [0.25, 0.3) is 0 Å². The van der Waals surface area contributed by atoms with Crippen LogP contribution in [0.3, 0.4) is 0 Å². The minimum atomic E-state index is 0.101. The molecule has 0 heteroatoms. The molecule has 82 valence electrons. The summed E-state index contributed by atoms with van der Waals surface area (Å²) in [6, 6.07) is 0. The number of rotatable bonds is 2. The van der Waals surface area contributed by atoms with Gasteiger partial charge >= 0.3 is 0 Å². The van der Waals surface area contributed by atoms with Crippen LogP contribution < -0.4 is 0 Å². The molecule has 1 unspecified atom stereocenters. The van der Waals surface area contributed by atoms with Gasteiger partial charge in [-0.2, -0.15) is 0 Å². The summed E-state index contributed by atoms with van der Waals surface area (Å²) in [5, 5.41) is 0. The molecule has 0 aliphatic heterocycles.